The van der Waals surface area contributed by atoms with Crippen LogP contribution in [0.1, 0.15) is 0 Å². The van der Waals surface area contributed by atoms with Crippen LogP contribution in [0.2, 0.25) is 0 Å². The summed E-state index contributed by atoms with van der Waals surface area (Å²) >= 11 is 4.64. The zero-order valence-corrected chi connectivity index (χ0v) is 6.09. The molecule has 11 heavy (non-hydrogen) atoms. The maximum absolute atomic E-state index is 10.7. The van der Waals surface area contributed by atoms with Gasteiger partial charge in [0.2, 0.25) is 0 Å². The van der Waals surface area contributed by atoms with Gasteiger partial charge in [0.1, 0.15) is 0 Å². The molecule has 0 aliphatic heterocycles. The number of fused-ring (bicyclic) bond motifs is 1. The highest BCUT2D eigenvalue weighted by molar-refractivity contribution is 7.58. The van der Waals surface area contributed by atoms with Crippen LogP contribution in [0.15, 0.2) is 26.6 Å². The van der Waals surface area contributed by atoms with Gasteiger partial charge in [0.05, 0.1) is 10.7 Å². The van der Waals surface area contributed by atoms with Gasteiger partial charge in [-0.1, -0.05) is 5.10 Å². The maximum Gasteiger partial charge on any atom is 0.429 e. The van der Waals surface area contributed by atoms with E-state index in [1.165, 1.54) is 16.8 Å². The molecule has 0 unspecified atom stereocenters. The van der Waals surface area contributed by atoms with E-state index in [-0.39, 0.29) is 10.8 Å². The third-order valence-electron chi connectivity index (χ3n) is 1.18. The van der Waals surface area contributed by atoms with Crippen molar-refractivity contribution in [2.45, 2.75) is 5.22 Å². The van der Waals surface area contributed by atoms with Gasteiger partial charge in [-0.3, -0.25) is 4.79 Å². The first-order valence-corrected chi connectivity index (χ1v) is 3.26. The van der Waals surface area contributed by atoms with Crippen molar-refractivity contribution in [2.75, 3.05) is 0 Å². The van der Waals surface area contributed by atoms with Crippen molar-refractivity contribution in [1.29, 1.82) is 0 Å². The van der Waals surface area contributed by atoms with Crippen LogP contribution < -0.4 is 10.2 Å². The summed E-state index contributed by atoms with van der Waals surface area (Å²) in [7, 11) is 0. The van der Waals surface area contributed by atoms with Crippen LogP contribution in [0.3, 0.4) is 0 Å². The molecule has 2 aromatic heterocycles. The van der Waals surface area contributed by atoms with Crippen molar-refractivity contribution in [3.8, 4) is 0 Å². The second kappa shape index (κ2) is 2.03. The van der Waals surface area contributed by atoms with Crippen LogP contribution in [0.5, 0.6) is 0 Å². The molecule has 1 N–H and O–H groups in total. The monoisotopic (exact) mass is 169 g/mol. The topological polar surface area (TPSA) is 63.0 Å². The summed E-state index contributed by atoms with van der Waals surface area (Å²) in [6.45, 7) is 0. The van der Waals surface area contributed by atoms with Gasteiger partial charge in [-0.05, 0) is 0 Å². The number of H-pyrrole nitrogens is 1. The van der Waals surface area contributed by atoms with Crippen LogP contribution in [-0.2, 0) is 12.6 Å². The highest BCUT2D eigenvalue weighted by atomic mass is 32.1. The molecule has 0 radical (unpaired) electrons. The van der Waals surface area contributed by atoms with Gasteiger partial charge in [-0.25, -0.2) is 0 Å². The van der Waals surface area contributed by atoms with Crippen molar-refractivity contribution in [3.63, 3.8) is 0 Å². The summed E-state index contributed by atoms with van der Waals surface area (Å²) in [5, 5.41) is 6.19. The van der Waals surface area contributed by atoms with Crippen LogP contribution >= 0.6 is 0 Å². The fraction of sp³-hybridized carbons (Fsp3) is 0. The highest BCUT2D eigenvalue weighted by Gasteiger charge is 2.06. The van der Waals surface area contributed by atoms with E-state index < -0.39 is 0 Å². The lowest BCUT2D eigenvalue weighted by atomic mass is 10.6. The molecular formula is C5H3N3O2S. The molecule has 0 bridgehead atoms. The number of rotatable bonds is 0. The van der Waals surface area contributed by atoms with Crippen LogP contribution in [0, 0.1) is 0 Å². The molecule has 2 heterocycles. The van der Waals surface area contributed by atoms with Crippen LogP contribution in [0.25, 0.3) is 5.71 Å². The Balaban J connectivity index is 2.92. The molecule has 0 aromatic carbocycles. The first-order chi connectivity index (χ1) is 5.25. The van der Waals surface area contributed by atoms with Gasteiger partial charge >= 0.3 is 11.3 Å². The van der Waals surface area contributed by atoms with Crippen molar-refractivity contribution in [3.05, 3.63) is 22.5 Å². The Labute approximate surface area is 66.0 Å². The minimum absolute atomic E-state index is 0.104. The summed E-state index contributed by atoms with van der Waals surface area (Å²) in [5.41, 5.74) is 0.181. The zero-order chi connectivity index (χ0) is 7.84. The van der Waals surface area contributed by atoms with Gasteiger partial charge in [0.15, 0.2) is 5.22 Å². The Hall–Kier alpha value is -1.43. The van der Waals surface area contributed by atoms with E-state index in [0.717, 1.165) is 0 Å². The third-order valence-corrected chi connectivity index (χ3v) is 1.34. The van der Waals surface area contributed by atoms with Crippen LogP contribution in [-0.4, -0.2) is 10.2 Å². The largest absolute Gasteiger partial charge is 0.715 e. The normalized spacial score (nSPS) is 10.5. The molecule has 0 spiro atoms. The Bertz CT molecular complexity index is 446. The summed E-state index contributed by atoms with van der Waals surface area (Å²) in [6, 6.07) is 2.84. The zero-order valence-electron chi connectivity index (χ0n) is 5.27. The van der Waals surface area contributed by atoms with Gasteiger partial charge in [0, 0.05) is 11.2 Å². The van der Waals surface area contributed by atoms with Gasteiger partial charge in [0.25, 0.3) is 0 Å². The molecule has 0 atom stereocenters. The van der Waals surface area contributed by atoms with E-state index in [1.807, 2.05) is 0 Å². The highest BCUT2D eigenvalue weighted by Crippen LogP contribution is 1.94. The number of hydrogen-bond acceptors (Lipinski definition) is 4. The van der Waals surface area contributed by atoms with Gasteiger partial charge in [-0.2, -0.15) is 0 Å². The Morgan fingerprint density at radius 1 is 1.64 bits per heavy atom. The van der Waals surface area contributed by atoms with E-state index in [2.05, 4.69) is 22.8 Å². The van der Waals surface area contributed by atoms with E-state index in [0.29, 0.717) is 5.71 Å². The van der Waals surface area contributed by atoms with Gasteiger partial charge < -0.3 is 17.0 Å². The Morgan fingerprint density at radius 2 is 2.45 bits per heavy atom. The molecule has 5 nitrogen and oxygen atoms in total. The first kappa shape index (κ1) is 6.29. The number of nitrogens with zero attached hydrogens (tertiary/aromatic N) is 2. The fourth-order valence-electron chi connectivity index (χ4n) is 0.757. The molecule has 0 fully saturated rings. The summed E-state index contributed by atoms with van der Waals surface area (Å²) in [4.78, 5) is 10.7. The third kappa shape index (κ3) is 0.966. The number of nitrogens with one attached hydrogen (secondary N) is 1. The van der Waals surface area contributed by atoms with E-state index in [9.17, 15) is 4.79 Å². The second-order valence-electron chi connectivity index (χ2n) is 1.93. The SMILES string of the molecule is O=c1ccc2oc([S-])n[n+]2[nH]1. The molecule has 0 saturated heterocycles. The lowest BCUT2D eigenvalue weighted by molar-refractivity contribution is -0.646. The predicted octanol–water partition coefficient (Wildman–Crippen LogP) is -0.993. The molecule has 6 heteroatoms. The molecule has 2 rings (SSSR count). The summed E-state index contributed by atoms with van der Waals surface area (Å²) in [5.74, 6) is 0. The minimum Gasteiger partial charge on any atom is -0.715 e. The number of hydrogen-bond donors (Lipinski definition) is 1. The fourth-order valence-corrected chi connectivity index (χ4v) is 0.924. The minimum atomic E-state index is -0.245. The predicted molar refractivity (Wildman–Crippen MR) is 35.9 cm³/mol. The van der Waals surface area contributed by atoms with Crippen molar-refractivity contribution in [1.82, 2.24) is 10.2 Å². The molecular weight excluding hydrogens is 166 g/mol. The lowest BCUT2D eigenvalue weighted by Gasteiger charge is -1.80. The van der Waals surface area contributed by atoms with E-state index in [4.69, 9.17) is 4.42 Å². The van der Waals surface area contributed by atoms with Crippen LogP contribution in [0.4, 0.5) is 0 Å². The number of aromatic nitrogens is 3. The molecule has 56 valence electrons. The Morgan fingerprint density at radius 3 is 3.27 bits per heavy atom. The van der Waals surface area contributed by atoms with Crippen molar-refractivity contribution in [2.24, 2.45) is 0 Å². The maximum atomic E-state index is 10.7. The average molecular weight is 169 g/mol. The quantitative estimate of drug-likeness (QED) is 0.406. The van der Waals surface area contributed by atoms with Crippen molar-refractivity contribution < 1.29 is 9.05 Å². The molecule has 2 aromatic rings. The number of aromatic amines is 1. The lowest BCUT2D eigenvalue weighted by Crippen LogP contribution is -2.34. The smallest absolute Gasteiger partial charge is 0.429 e. The molecule has 0 aliphatic rings. The molecule has 0 saturated carbocycles. The summed E-state index contributed by atoms with van der Waals surface area (Å²) < 4.78 is 6.12. The Kier molecular flexibility index (Phi) is 1.16. The summed E-state index contributed by atoms with van der Waals surface area (Å²) in [6.07, 6.45) is 0. The first-order valence-electron chi connectivity index (χ1n) is 2.85. The molecule has 0 aliphatic carbocycles. The average Bonchev–Trinajstić information content (AvgIpc) is 2.27. The second-order valence-corrected chi connectivity index (χ2v) is 2.28. The van der Waals surface area contributed by atoms with Gasteiger partial charge in [-0.15, -0.1) is 0 Å². The molecule has 0 amide bonds. The van der Waals surface area contributed by atoms with E-state index >= 15 is 0 Å². The van der Waals surface area contributed by atoms with Crippen molar-refractivity contribution >= 4 is 18.3 Å². The standard InChI is InChI=1S/C5H3N3O2S/c9-3-1-2-4-8(6-3)7-5(11)10-4/h1-2H,(H-,6,7,9,11). The van der Waals surface area contributed by atoms with E-state index in [1.54, 1.807) is 0 Å².